The first kappa shape index (κ1) is 25.8. The average Bonchev–Trinajstić information content (AvgIpc) is 3.33. The molecule has 0 saturated carbocycles. The van der Waals surface area contributed by atoms with Crippen LogP contribution in [0, 0.1) is 24.1 Å². The van der Waals surface area contributed by atoms with Crippen LogP contribution >= 0.6 is 0 Å². The zero-order valence-electron chi connectivity index (χ0n) is 19.1. The number of rotatable bonds is 9. The van der Waals surface area contributed by atoms with Crippen molar-refractivity contribution in [1.29, 1.82) is 5.26 Å². The molecule has 3 rings (SSSR count). The van der Waals surface area contributed by atoms with Crippen molar-refractivity contribution in [3.05, 3.63) is 67.7 Å². The van der Waals surface area contributed by atoms with Gasteiger partial charge in [0.1, 0.15) is 18.1 Å². The molecule has 2 atom stereocenters. The summed E-state index contributed by atoms with van der Waals surface area (Å²) in [5, 5.41) is 20.7. The highest BCUT2D eigenvalue weighted by Crippen LogP contribution is 2.26. The summed E-state index contributed by atoms with van der Waals surface area (Å²) in [6, 6.07) is 5.14. The number of hydrogen-bond donors (Lipinski definition) is 3. The van der Waals surface area contributed by atoms with Crippen LogP contribution in [0.2, 0.25) is 0 Å². The van der Waals surface area contributed by atoms with Crippen LogP contribution in [0.1, 0.15) is 59.8 Å². The molecule has 1 aromatic carbocycles. The lowest BCUT2D eigenvalue weighted by Gasteiger charge is -2.18. The molecule has 1 fully saturated rings. The van der Waals surface area contributed by atoms with E-state index < -0.39 is 35.1 Å². The third kappa shape index (κ3) is 6.20. The zero-order chi connectivity index (χ0) is 25.5. The number of halogens is 1. The van der Waals surface area contributed by atoms with Crippen molar-refractivity contribution in [2.75, 3.05) is 18.6 Å². The number of nitrogens with one attached hydrogen (secondary N) is 2. The summed E-state index contributed by atoms with van der Waals surface area (Å²) < 4.78 is 20.9. The summed E-state index contributed by atoms with van der Waals surface area (Å²) in [4.78, 5) is 49.7. The molecule has 2 heterocycles. The first-order chi connectivity index (χ1) is 16.7. The first-order valence-corrected chi connectivity index (χ1v) is 11.1. The fourth-order valence-electron chi connectivity index (χ4n) is 3.68. The zero-order valence-corrected chi connectivity index (χ0v) is 19.1. The maximum Gasteiger partial charge on any atom is 0.352 e. The van der Waals surface area contributed by atoms with Crippen LogP contribution in [0.4, 0.5) is 4.39 Å². The Hall–Kier alpha value is -3.82. The van der Waals surface area contributed by atoms with E-state index in [2.05, 4.69) is 10.7 Å². The Balaban J connectivity index is 1.52. The maximum atomic E-state index is 13.4. The molecule has 12 heteroatoms. The lowest BCUT2D eigenvalue weighted by molar-refractivity contribution is -0.117. The highest BCUT2D eigenvalue weighted by atomic mass is 19.1. The van der Waals surface area contributed by atoms with Crippen LogP contribution in [0.5, 0.6) is 0 Å². The normalized spacial score (nSPS) is 17.1. The minimum absolute atomic E-state index is 0.00264. The van der Waals surface area contributed by atoms with E-state index in [-0.39, 0.29) is 42.4 Å². The smallest absolute Gasteiger partial charge is 0.352 e. The molecule has 186 valence electrons. The maximum absolute atomic E-state index is 13.4. The summed E-state index contributed by atoms with van der Waals surface area (Å²) in [7, 11) is 0. The van der Waals surface area contributed by atoms with Gasteiger partial charge in [0.05, 0.1) is 18.3 Å². The van der Waals surface area contributed by atoms with E-state index in [0.717, 1.165) is 12.1 Å². The molecular weight excluding hydrogens is 461 g/mol. The van der Waals surface area contributed by atoms with Crippen LogP contribution in [0.15, 0.2) is 34.0 Å². The molecule has 0 bridgehead atoms. The van der Waals surface area contributed by atoms with Gasteiger partial charge in [-0.3, -0.25) is 24.4 Å². The summed E-state index contributed by atoms with van der Waals surface area (Å²) in [6.45, 7) is 1.57. The molecule has 1 unspecified atom stereocenters. The number of aliphatic hydroxyl groups excluding tert-OH is 1. The average molecular weight is 487 g/mol. The van der Waals surface area contributed by atoms with E-state index in [4.69, 9.17) is 10.00 Å². The fraction of sp³-hybridized carbons (Fsp3) is 0.435. The van der Waals surface area contributed by atoms with Gasteiger partial charge in [-0.05, 0) is 50.8 Å². The molecule has 2 amide bonds. The lowest BCUT2D eigenvalue weighted by atomic mass is 10.1. The number of amides is 2. The third-order valence-corrected chi connectivity index (χ3v) is 5.59. The van der Waals surface area contributed by atoms with E-state index in [1.54, 1.807) is 6.07 Å². The molecule has 0 radical (unpaired) electrons. The van der Waals surface area contributed by atoms with Crippen LogP contribution in [0.25, 0.3) is 0 Å². The molecule has 0 spiro atoms. The van der Waals surface area contributed by atoms with E-state index >= 15 is 0 Å². The van der Waals surface area contributed by atoms with Gasteiger partial charge in [-0.1, -0.05) is 0 Å². The monoisotopic (exact) mass is 487 g/mol. The molecule has 1 saturated heterocycles. The Morgan fingerprint density at radius 3 is 2.74 bits per heavy atom. The number of carbonyl (C=O) groups is 2. The second-order valence-corrected chi connectivity index (χ2v) is 8.17. The van der Waals surface area contributed by atoms with Gasteiger partial charge in [0, 0.05) is 30.3 Å². The molecule has 0 aliphatic carbocycles. The van der Waals surface area contributed by atoms with E-state index in [0.29, 0.717) is 30.4 Å². The number of aliphatic hydroxyl groups is 1. The molecular formula is C23H26FN5O6. The van der Waals surface area contributed by atoms with Crippen molar-refractivity contribution >= 4 is 11.8 Å². The highest BCUT2D eigenvalue weighted by molar-refractivity contribution is 5.94. The van der Waals surface area contributed by atoms with Crippen molar-refractivity contribution in [3.8, 4) is 6.07 Å². The second kappa shape index (κ2) is 11.5. The molecule has 3 N–H and O–H groups in total. The summed E-state index contributed by atoms with van der Waals surface area (Å²) >= 11 is 0. The number of ether oxygens (including phenoxy) is 1. The number of benzene rings is 1. The van der Waals surface area contributed by atoms with Crippen LogP contribution in [0.3, 0.4) is 0 Å². The number of aromatic nitrogens is 2. The summed E-state index contributed by atoms with van der Waals surface area (Å²) in [6.07, 6.45) is 2.18. The second-order valence-electron chi connectivity index (χ2n) is 8.17. The molecule has 1 aliphatic rings. The number of nitriles is 1. The predicted molar refractivity (Wildman–Crippen MR) is 122 cm³/mol. The van der Waals surface area contributed by atoms with Crippen molar-refractivity contribution in [1.82, 2.24) is 14.6 Å². The van der Waals surface area contributed by atoms with Gasteiger partial charge in [-0.25, -0.2) is 9.18 Å². The van der Waals surface area contributed by atoms with Gasteiger partial charge < -0.3 is 15.2 Å². The summed E-state index contributed by atoms with van der Waals surface area (Å²) in [5.41, 5.74) is 1.08. The number of hydrogen-bond acceptors (Lipinski definition) is 7. The molecule has 1 aromatic heterocycles. The minimum Gasteiger partial charge on any atom is -0.394 e. The molecule has 35 heavy (non-hydrogen) atoms. The molecule has 1 aliphatic heterocycles. The molecule has 11 nitrogen and oxygen atoms in total. The van der Waals surface area contributed by atoms with Crippen molar-refractivity contribution in [2.24, 2.45) is 0 Å². The Bertz CT molecular complexity index is 1260. The van der Waals surface area contributed by atoms with Gasteiger partial charge in [0.25, 0.3) is 11.5 Å². The largest absolute Gasteiger partial charge is 0.394 e. The Kier molecular flexibility index (Phi) is 8.51. The van der Waals surface area contributed by atoms with Crippen molar-refractivity contribution in [3.63, 3.8) is 0 Å². The molecule has 2 aromatic rings. The van der Waals surface area contributed by atoms with Crippen molar-refractivity contribution < 1.29 is 23.8 Å². The van der Waals surface area contributed by atoms with Crippen LogP contribution in [-0.2, 0) is 9.53 Å². The minimum atomic E-state index is -0.749. The number of carbonyl (C=O) groups excluding carboxylic acids is 2. The number of unbranched alkanes of at least 4 members (excludes halogenated alkanes) is 1. The lowest BCUT2D eigenvalue weighted by Crippen LogP contribution is -2.48. The summed E-state index contributed by atoms with van der Waals surface area (Å²) in [5.74, 6) is -1.74. The van der Waals surface area contributed by atoms with E-state index in [9.17, 15) is 28.7 Å². The van der Waals surface area contributed by atoms with Gasteiger partial charge in [-0.2, -0.15) is 9.94 Å². The van der Waals surface area contributed by atoms with Gasteiger partial charge in [-0.15, -0.1) is 0 Å². The van der Waals surface area contributed by atoms with Gasteiger partial charge >= 0.3 is 5.69 Å². The quantitative estimate of drug-likeness (QED) is 0.439. The van der Waals surface area contributed by atoms with Gasteiger partial charge in [0.2, 0.25) is 5.91 Å². The standard InChI is InChI=1S/C23H26FN5O6/c1-14-12-28(20-8-6-17(13-30)35-20)23(34)29(22(14)33)27-19(31)4-2-3-9-26-21(32)15-5-7-18(24)16(10-15)11-25/h5,7,10,12,17,20,30H,2-4,6,8-9,13H2,1H3,(H,26,32)(H,27,31)/t17?,20-/m1/s1. The SMILES string of the molecule is Cc1cn([C@H]2CCC(CO)O2)c(=O)n(NC(=O)CCCCNC(=O)c2ccc(F)c(C#N)c2)c1=O. The Labute approximate surface area is 199 Å². The number of nitrogens with zero attached hydrogens (tertiary/aromatic N) is 3. The van der Waals surface area contributed by atoms with Crippen LogP contribution in [-0.4, -0.2) is 45.4 Å². The highest BCUT2D eigenvalue weighted by Gasteiger charge is 2.28. The predicted octanol–water partition coefficient (Wildman–Crippen LogP) is 0.669. The first-order valence-electron chi connectivity index (χ1n) is 11.1. The number of aryl methyl sites for hydroxylation is 1. The van der Waals surface area contributed by atoms with Crippen molar-refractivity contribution in [2.45, 2.75) is 51.4 Å². The van der Waals surface area contributed by atoms with E-state index in [1.165, 1.54) is 23.8 Å². The Morgan fingerprint density at radius 2 is 2.06 bits per heavy atom. The Morgan fingerprint density at radius 1 is 1.29 bits per heavy atom. The fourth-order valence-corrected chi connectivity index (χ4v) is 3.68. The van der Waals surface area contributed by atoms with Gasteiger partial charge in [0.15, 0.2) is 0 Å². The topological polar surface area (TPSA) is 155 Å². The van der Waals surface area contributed by atoms with Crippen LogP contribution < -0.4 is 22.0 Å². The third-order valence-electron chi connectivity index (χ3n) is 5.59. The van der Waals surface area contributed by atoms with E-state index in [1.807, 2.05) is 0 Å².